The number of hydrogen-bond acceptors (Lipinski definition) is 4. The van der Waals surface area contributed by atoms with Crippen LogP contribution in [0.5, 0.6) is 0 Å². The van der Waals surface area contributed by atoms with Gasteiger partial charge < -0.3 is 9.88 Å². The van der Waals surface area contributed by atoms with Crippen LogP contribution in [-0.4, -0.2) is 26.3 Å². The Morgan fingerprint density at radius 1 is 1.29 bits per heavy atom. The molecule has 2 aromatic heterocycles. The number of fused-ring (bicyclic) bond motifs is 1. The predicted octanol–water partition coefficient (Wildman–Crippen LogP) is 3.66. The lowest BCUT2D eigenvalue weighted by atomic mass is 10.2. The highest BCUT2D eigenvalue weighted by Crippen LogP contribution is 2.20. The van der Waals surface area contributed by atoms with Gasteiger partial charge in [0.1, 0.15) is 17.9 Å². The van der Waals surface area contributed by atoms with Crippen LogP contribution in [0.1, 0.15) is 19.5 Å². The molecule has 0 saturated carbocycles. The molecule has 0 bridgehead atoms. The number of aryl methyl sites for hydroxylation is 1. The van der Waals surface area contributed by atoms with E-state index in [0.29, 0.717) is 28.4 Å². The Kier molecular flexibility index (Phi) is 5.88. The first kappa shape index (κ1) is 20.1. The van der Waals surface area contributed by atoms with E-state index in [1.165, 1.54) is 30.0 Å². The van der Waals surface area contributed by atoms with Gasteiger partial charge in [-0.15, -0.1) is 0 Å². The molecule has 0 aliphatic carbocycles. The molecule has 28 heavy (non-hydrogen) atoms. The number of anilines is 1. The third kappa shape index (κ3) is 4.11. The second-order valence-corrected chi connectivity index (χ2v) is 7.85. The average Bonchev–Trinajstić information content (AvgIpc) is 2.92. The van der Waals surface area contributed by atoms with Gasteiger partial charge in [-0.1, -0.05) is 31.7 Å². The molecule has 3 rings (SSSR count). The Morgan fingerprint density at radius 2 is 2.04 bits per heavy atom. The van der Waals surface area contributed by atoms with Crippen LogP contribution in [0.15, 0.2) is 40.3 Å². The second-order valence-electron chi connectivity index (χ2n) is 7.07. The van der Waals surface area contributed by atoms with Crippen LogP contribution in [0.25, 0.3) is 11.0 Å². The van der Waals surface area contributed by atoms with Crippen molar-refractivity contribution < 1.29 is 9.18 Å². The molecule has 148 valence electrons. The van der Waals surface area contributed by atoms with Gasteiger partial charge in [0, 0.05) is 17.9 Å². The van der Waals surface area contributed by atoms with Crippen molar-refractivity contribution in [2.75, 3.05) is 11.6 Å². The standard InChI is InChI=1S/C20H23FN4O2S/c1-12(2)10-25-19(27)18-16(23-20(25)28-4)8-13(3)24(18)11-17(26)22-15-7-5-6-14(21)9-15/h5-9,12H,10-11H2,1-4H3,(H,22,26). The Balaban J connectivity index is 2.00. The monoisotopic (exact) mass is 402 g/mol. The first-order chi connectivity index (χ1) is 13.3. The smallest absolute Gasteiger partial charge is 0.278 e. The van der Waals surface area contributed by atoms with Crippen LogP contribution in [0.3, 0.4) is 0 Å². The van der Waals surface area contributed by atoms with Crippen molar-refractivity contribution in [3.63, 3.8) is 0 Å². The normalized spacial score (nSPS) is 11.4. The summed E-state index contributed by atoms with van der Waals surface area (Å²) < 4.78 is 16.7. The summed E-state index contributed by atoms with van der Waals surface area (Å²) in [5, 5.41) is 3.33. The van der Waals surface area contributed by atoms with E-state index < -0.39 is 5.82 Å². The van der Waals surface area contributed by atoms with Gasteiger partial charge in [0.2, 0.25) is 5.91 Å². The fraction of sp³-hybridized carbons (Fsp3) is 0.350. The van der Waals surface area contributed by atoms with Gasteiger partial charge in [0.15, 0.2) is 5.16 Å². The Hall–Kier alpha value is -2.61. The highest BCUT2D eigenvalue weighted by Gasteiger charge is 2.18. The Labute approximate surface area is 166 Å². The van der Waals surface area contributed by atoms with Gasteiger partial charge in [-0.3, -0.25) is 14.2 Å². The molecule has 0 spiro atoms. The number of nitrogens with zero attached hydrogens (tertiary/aromatic N) is 3. The van der Waals surface area contributed by atoms with E-state index in [0.717, 1.165) is 5.69 Å². The largest absolute Gasteiger partial charge is 0.330 e. The maximum atomic E-state index is 13.3. The van der Waals surface area contributed by atoms with Crippen LogP contribution in [0.2, 0.25) is 0 Å². The van der Waals surface area contributed by atoms with E-state index in [2.05, 4.69) is 10.3 Å². The molecule has 0 atom stereocenters. The summed E-state index contributed by atoms with van der Waals surface area (Å²) in [5.74, 6) is -0.482. The van der Waals surface area contributed by atoms with Crippen molar-refractivity contribution in [2.24, 2.45) is 5.92 Å². The van der Waals surface area contributed by atoms with Gasteiger partial charge in [-0.05, 0) is 43.4 Å². The molecule has 0 fully saturated rings. The van der Waals surface area contributed by atoms with E-state index in [9.17, 15) is 14.0 Å². The zero-order valence-corrected chi connectivity index (χ0v) is 17.1. The van der Waals surface area contributed by atoms with Crippen molar-refractivity contribution in [1.29, 1.82) is 0 Å². The second kappa shape index (κ2) is 8.18. The van der Waals surface area contributed by atoms with E-state index in [1.807, 2.05) is 33.1 Å². The fourth-order valence-electron chi connectivity index (χ4n) is 3.14. The summed E-state index contributed by atoms with van der Waals surface area (Å²) >= 11 is 1.43. The maximum absolute atomic E-state index is 13.3. The van der Waals surface area contributed by atoms with E-state index in [1.54, 1.807) is 15.2 Å². The lowest BCUT2D eigenvalue weighted by molar-refractivity contribution is -0.116. The zero-order chi connectivity index (χ0) is 20.4. The first-order valence-electron chi connectivity index (χ1n) is 9.00. The van der Waals surface area contributed by atoms with Crippen LogP contribution in [-0.2, 0) is 17.9 Å². The SMILES string of the molecule is CSc1nc2cc(C)n(CC(=O)Nc3cccc(F)c3)c2c(=O)n1CC(C)C. The van der Waals surface area contributed by atoms with Gasteiger partial charge in [0.25, 0.3) is 5.56 Å². The molecule has 1 amide bonds. The lowest BCUT2D eigenvalue weighted by Gasteiger charge is -2.14. The minimum atomic E-state index is -0.425. The topological polar surface area (TPSA) is 68.9 Å². The van der Waals surface area contributed by atoms with Crippen LogP contribution in [0, 0.1) is 18.7 Å². The minimum absolute atomic E-state index is 0.0525. The summed E-state index contributed by atoms with van der Waals surface area (Å²) in [6.07, 6.45) is 1.89. The van der Waals surface area contributed by atoms with Crippen LogP contribution >= 0.6 is 11.8 Å². The molecule has 1 aromatic carbocycles. The number of carbonyl (C=O) groups excluding carboxylic acids is 1. The average molecular weight is 402 g/mol. The Morgan fingerprint density at radius 3 is 2.68 bits per heavy atom. The number of halogens is 1. The summed E-state index contributed by atoms with van der Waals surface area (Å²) in [5.41, 5.74) is 1.97. The molecule has 0 unspecified atom stereocenters. The summed E-state index contributed by atoms with van der Waals surface area (Å²) in [7, 11) is 0. The van der Waals surface area contributed by atoms with Crippen molar-refractivity contribution in [2.45, 2.75) is 39.0 Å². The number of carbonyl (C=O) groups is 1. The van der Waals surface area contributed by atoms with Crippen LogP contribution < -0.4 is 10.9 Å². The van der Waals surface area contributed by atoms with Gasteiger partial charge in [-0.2, -0.15) is 0 Å². The number of nitrogens with one attached hydrogen (secondary N) is 1. The molecule has 1 N–H and O–H groups in total. The van der Waals surface area contributed by atoms with Gasteiger partial charge in [0.05, 0.1) is 5.52 Å². The number of aromatic nitrogens is 3. The minimum Gasteiger partial charge on any atom is -0.330 e. The van der Waals surface area contributed by atoms with E-state index in [4.69, 9.17) is 0 Å². The van der Waals surface area contributed by atoms with Crippen molar-refractivity contribution in [1.82, 2.24) is 14.1 Å². The van der Waals surface area contributed by atoms with Gasteiger partial charge in [-0.25, -0.2) is 9.37 Å². The molecule has 0 saturated heterocycles. The van der Waals surface area contributed by atoms with E-state index in [-0.39, 0.29) is 23.9 Å². The highest BCUT2D eigenvalue weighted by molar-refractivity contribution is 7.98. The quantitative estimate of drug-likeness (QED) is 0.505. The van der Waals surface area contributed by atoms with E-state index >= 15 is 0 Å². The zero-order valence-electron chi connectivity index (χ0n) is 16.3. The lowest BCUT2D eigenvalue weighted by Crippen LogP contribution is -2.28. The van der Waals surface area contributed by atoms with Crippen LogP contribution in [0.4, 0.5) is 10.1 Å². The molecule has 6 nitrogen and oxygen atoms in total. The third-order valence-corrected chi connectivity index (χ3v) is 5.00. The van der Waals surface area contributed by atoms with Crippen molar-refractivity contribution in [3.8, 4) is 0 Å². The highest BCUT2D eigenvalue weighted by atomic mass is 32.2. The molecular weight excluding hydrogens is 379 g/mol. The van der Waals surface area contributed by atoms with Gasteiger partial charge >= 0.3 is 0 Å². The molecule has 2 heterocycles. The summed E-state index contributed by atoms with van der Waals surface area (Å²) in [4.78, 5) is 30.3. The summed E-state index contributed by atoms with van der Waals surface area (Å²) in [6, 6.07) is 7.51. The number of thioether (sulfide) groups is 1. The number of amides is 1. The number of rotatable bonds is 6. The third-order valence-electron chi connectivity index (χ3n) is 4.32. The summed E-state index contributed by atoms with van der Waals surface area (Å²) in [6.45, 7) is 6.41. The molecule has 0 aliphatic heterocycles. The number of benzene rings is 1. The molecule has 8 heteroatoms. The first-order valence-corrected chi connectivity index (χ1v) is 10.2. The Bertz CT molecular complexity index is 1090. The van der Waals surface area contributed by atoms with Crippen molar-refractivity contribution >= 4 is 34.4 Å². The number of hydrogen-bond donors (Lipinski definition) is 1. The maximum Gasteiger partial charge on any atom is 0.278 e. The molecular formula is C20H23FN4O2S. The molecule has 0 radical (unpaired) electrons. The molecule has 3 aromatic rings. The predicted molar refractivity (Wildman–Crippen MR) is 110 cm³/mol. The van der Waals surface area contributed by atoms with Crippen molar-refractivity contribution in [3.05, 3.63) is 52.2 Å². The molecule has 0 aliphatic rings. The fourth-order valence-corrected chi connectivity index (χ4v) is 3.71.